The summed E-state index contributed by atoms with van der Waals surface area (Å²) >= 11 is 0. The van der Waals surface area contributed by atoms with E-state index >= 15 is 0 Å². The zero-order chi connectivity index (χ0) is 65.9. The van der Waals surface area contributed by atoms with Crippen LogP contribution >= 0.6 is 0 Å². The molecule has 0 spiro atoms. The summed E-state index contributed by atoms with van der Waals surface area (Å²) in [5.41, 5.74) is 14.1. The van der Waals surface area contributed by atoms with Gasteiger partial charge < -0.3 is 15.0 Å². The fraction of sp³-hybridized carbons (Fsp3) is 0.360. The van der Waals surface area contributed by atoms with Gasteiger partial charge in [-0.25, -0.2) is 15.0 Å². The maximum atomic E-state index is 12.9. The van der Waals surface area contributed by atoms with Crippen LogP contribution in [0.4, 0.5) is 0 Å². The molecule has 6 aromatic rings. The molecule has 18 nitrogen and oxygen atoms in total. The SMILES string of the molecule is C#Cc1cnc(C(=O)Cc2ccc(C3CC(=O)N(C)C(=O)C3)cc2C2=CCCCC2)[nH]1.C#Cc1cnc(C(=O)Cc2ccc(C3CC(=O)NC(=O)C3)cc2C2=CCC(C)(C)CC2)[nH]1.C#Cc1cnc(C(=O)Cc2ccc(C3CC(=O)NC(=O)C3)cc2C2=CCCCC2)[nH]1. The van der Waals surface area contributed by atoms with Crippen LogP contribution in [0, 0.1) is 42.4 Å². The molecule has 3 aliphatic heterocycles. The average Bonchev–Trinajstić information content (AvgIpc) is 2.02. The van der Waals surface area contributed by atoms with Crippen LogP contribution in [0.25, 0.3) is 16.7 Å². The Hall–Kier alpha value is -10.4. The third kappa shape index (κ3) is 16.4. The number of carbonyl (C=O) groups excluding carboxylic acids is 9. The summed E-state index contributed by atoms with van der Waals surface area (Å²) in [6.07, 6.45) is 41.1. The van der Waals surface area contributed by atoms with Crippen molar-refractivity contribution < 1.29 is 43.2 Å². The van der Waals surface area contributed by atoms with Crippen LogP contribution < -0.4 is 10.6 Å². The monoisotopic (exact) mass is 1250 g/mol. The number of carbonyl (C=O) groups is 9. The second-order valence-corrected chi connectivity index (χ2v) is 25.6. The summed E-state index contributed by atoms with van der Waals surface area (Å²) in [7, 11) is 1.54. The van der Waals surface area contributed by atoms with Gasteiger partial charge in [-0.2, -0.15) is 0 Å². The predicted octanol–water partition coefficient (Wildman–Crippen LogP) is 10.9. The number of Topliss-reactive ketones (excluding diaryl/α,β-unsaturated/α-hetero) is 3. The van der Waals surface area contributed by atoms with Crippen LogP contribution in [-0.2, 0) is 48.0 Å². The molecule has 5 N–H and O–H groups in total. The average molecular weight is 1250 g/mol. The summed E-state index contributed by atoms with van der Waals surface area (Å²) in [6, 6.07) is 17.9. The van der Waals surface area contributed by atoms with E-state index < -0.39 is 0 Å². The van der Waals surface area contributed by atoms with Crippen LogP contribution in [0.15, 0.2) is 91.4 Å². The Labute approximate surface area is 541 Å². The van der Waals surface area contributed by atoms with Crippen molar-refractivity contribution in [2.45, 2.75) is 160 Å². The van der Waals surface area contributed by atoms with Gasteiger partial charge in [-0.1, -0.05) is 104 Å². The van der Waals surface area contributed by atoms with Gasteiger partial charge in [-0.3, -0.25) is 58.7 Å². The summed E-state index contributed by atoms with van der Waals surface area (Å²) in [4.78, 5) is 132. The largest absolute Gasteiger partial charge is 0.329 e. The highest BCUT2D eigenvalue weighted by Crippen LogP contribution is 2.41. The lowest BCUT2D eigenvalue weighted by Crippen LogP contribution is -2.39. The fourth-order valence-corrected chi connectivity index (χ4v) is 12.9. The Morgan fingerprint density at radius 2 is 0.839 bits per heavy atom. The van der Waals surface area contributed by atoms with Gasteiger partial charge in [0.25, 0.3) is 0 Å². The predicted molar refractivity (Wildman–Crippen MR) is 351 cm³/mol. The minimum Gasteiger partial charge on any atom is -0.329 e. The highest BCUT2D eigenvalue weighted by molar-refractivity contribution is 6.01. The Bertz CT molecular complexity index is 4170. The number of benzene rings is 3. The normalized spacial score (nSPS) is 17.8. The summed E-state index contributed by atoms with van der Waals surface area (Å²) in [5.74, 6) is 6.02. The van der Waals surface area contributed by atoms with E-state index in [0.717, 1.165) is 121 Å². The molecule has 6 aliphatic rings. The van der Waals surface area contributed by atoms with E-state index in [0.29, 0.717) is 42.8 Å². The number of hydrogen-bond acceptors (Lipinski definition) is 12. The number of terminal acetylenes is 3. The molecule has 0 radical (unpaired) electrons. The minimum atomic E-state index is -0.243. The molecule has 3 aromatic heterocycles. The first-order chi connectivity index (χ1) is 44.7. The number of aromatic nitrogens is 6. The number of imide groups is 3. The van der Waals surface area contributed by atoms with Crippen LogP contribution in [0.3, 0.4) is 0 Å². The van der Waals surface area contributed by atoms with Gasteiger partial charge in [-0.15, -0.1) is 19.3 Å². The Morgan fingerprint density at radius 1 is 0.495 bits per heavy atom. The van der Waals surface area contributed by atoms with Crippen LogP contribution in [0.1, 0.15) is 240 Å². The highest BCUT2D eigenvalue weighted by Gasteiger charge is 2.33. The molecule has 0 saturated carbocycles. The minimum absolute atomic E-state index is 0.128. The molecule has 93 heavy (non-hydrogen) atoms. The van der Waals surface area contributed by atoms with Gasteiger partial charge in [-0.05, 0) is 143 Å². The maximum Gasteiger partial charge on any atom is 0.229 e. The topological polar surface area (TPSA) is 267 Å². The number of nitrogens with one attached hydrogen (secondary N) is 5. The zero-order valence-electron chi connectivity index (χ0n) is 52.7. The summed E-state index contributed by atoms with van der Waals surface area (Å²) in [5, 5.41) is 4.73. The number of likely N-dealkylation sites (tertiary alicyclic amines) is 1. The molecular formula is C75H75N9O9. The molecule has 474 valence electrons. The van der Waals surface area contributed by atoms with Crippen molar-refractivity contribution in [1.29, 1.82) is 0 Å². The van der Waals surface area contributed by atoms with Gasteiger partial charge >= 0.3 is 0 Å². The number of aromatic amines is 3. The number of ketones is 3. The molecule has 3 aliphatic carbocycles. The van der Waals surface area contributed by atoms with Crippen molar-refractivity contribution in [1.82, 2.24) is 45.4 Å². The molecule has 0 atom stereocenters. The van der Waals surface area contributed by atoms with E-state index in [1.165, 1.54) is 47.3 Å². The number of piperidine rings is 3. The standard InChI is InChI=1S/C26H27N3O3.C25H25N3O3.C24H23N3O3/c1-4-20-15-27-25(28-20)22(30)12-18-6-5-17(19-13-23(31)29-24(32)14-19)11-21(18)16-7-9-26(2,3)10-8-16;1-3-20-15-26-25(27-20)22(29)12-18-10-9-17(11-21(18)16-7-5-4-6-8-16)19-13-23(30)28(2)24(31)14-19;1-2-19-14-25-24(26-19)21(28)11-17-9-8-16(18-12-22(29)27-23(30)13-18)10-20(17)15-6-4-3-5-7-15/h1,5-7,11,15,19H,8-10,12-14H2,2-3H3,(H,27,28)(H,29,31,32);1,7,9-11,15,19H,4-6,8,12-14H2,2H3,(H,26,27);1,6,8-10,14,18H,3-5,7,11-13H2,(H,25,26)(H,27,29,30). The third-order valence-corrected chi connectivity index (χ3v) is 18.3. The number of rotatable bonds is 15. The van der Waals surface area contributed by atoms with Crippen molar-refractivity contribution in [3.05, 3.63) is 176 Å². The number of amides is 6. The molecule has 3 fully saturated rings. The number of nitrogens with zero attached hydrogens (tertiary/aromatic N) is 4. The summed E-state index contributed by atoms with van der Waals surface area (Å²) < 4.78 is 0. The van der Waals surface area contributed by atoms with E-state index in [2.05, 4.69) is 109 Å². The van der Waals surface area contributed by atoms with E-state index in [1.54, 1.807) is 0 Å². The molecule has 0 unspecified atom stereocenters. The Morgan fingerprint density at radius 3 is 1.14 bits per heavy atom. The Kier molecular flexibility index (Phi) is 20.6. The Balaban J connectivity index is 0.000000153. The maximum absolute atomic E-state index is 12.9. The first-order valence-corrected chi connectivity index (χ1v) is 31.8. The lowest BCUT2D eigenvalue weighted by Gasteiger charge is -2.30. The molecule has 18 heteroatoms. The van der Waals surface area contributed by atoms with Crippen LogP contribution in [0.2, 0.25) is 0 Å². The highest BCUT2D eigenvalue weighted by atomic mass is 16.2. The number of allylic oxidation sites excluding steroid dienone is 6. The second kappa shape index (κ2) is 29.3. The molecule has 0 bridgehead atoms. The van der Waals surface area contributed by atoms with Crippen LogP contribution in [0.5, 0.6) is 0 Å². The van der Waals surface area contributed by atoms with E-state index in [1.807, 2.05) is 36.4 Å². The number of hydrogen-bond donors (Lipinski definition) is 5. The van der Waals surface area contributed by atoms with Crippen LogP contribution in [-0.4, -0.2) is 94.6 Å². The third-order valence-electron chi connectivity index (χ3n) is 18.3. The zero-order valence-corrected chi connectivity index (χ0v) is 52.7. The lowest BCUT2D eigenvalue weighted by atomic mass is 9.75. The number of imidazole rings is 3. The van der Waals surface area contributed by atoms with Crippen molar-refractivity contribution in [3.8, 4) is 37.0 Å². The molecular weight excluding hydrogens is 1170 g/mol. The molecule has 6 amide bonds. The molecule has 6 heterocycles. The second-order valence-electron chi connectivity index (χ2n) is 25.6. The number of H-pyrrole nitrogens is 3. The smallest absolute Gasteiger partial charge is 0.229 e. The van der Waals surface area contributed by atoms with E-state index in [-0.39, 0.29) is 126 Å². The van der Waals surface area contributed by atoms with Gasteiger partial charge in [0.2, 0.25) is 52.8 Å². The van der Waals surface area contributed by atoms with Gasteiger partial charge in [0.15, 0.2) is 17.5 Å². The summed E-state index contributed by atoms with van der Waals surface area (Å²) in [6.45, 7) is 4.51. The molecule has 3 aromatic carbocycles. The van der Waals surface area contributed by atoms with Crippen molar-refractivity contribution in [2.75, 3.05) is 7.05 Å². The lowest BCUT2D eigenvalue weighted by molar-refractivity contribution is -0.147. The van der Waals surface area contributed by atoms with Crippen molar-refractivity contribution >= 4 is 69.5 Å². The van der Waals surface area contributed by atoms with Gasteiger partial charge in [0.1, 0.15) is 17.1 Å². The van der Waals surface area contributed by atoms with E-state index in [9.17, 15) is 43.2 Å². The fourth-order valence-electron chi connectivity index (χ4n) is 12.9. The molecule has 3 saturated heterocycles. The van der Waals surface area contributed by atoms with Gasteiger partial charge in [0, 0.05) is 82.6 Å². The van der Waals surface area contributed by atoms with Crippen molar-refractivity contribution in [2.24, 2.45) is 5.41 Å². The quantitative estimate of drug-likeness (QED) is 0.0365. The van der Waals surface area contributed by atoms with Crippen molar-refractivity contribution in [3.63, 3.8) is 0 Å². The molecule has 12 rings (SSSR count). The van der Waals surface area contributed by atoms with Gasteiger partial charge in [0.05, 0.1) is 18.6 Å². The first-order valence-electron chi connectivity index (χ1n) is 31.8. The van der Waals surface area contributed by atoms with E-state index in [4.69, 9.17) is 19.3 Å². The first kappa shape index (κ1) is 65.6.